The van der Waals surface area contributed by atoms with Crippen LogP contribution in [-0.4, -0.2) is 28.7 Å². The van der Waals surface area contributed by atoms with Gasteiger partial charge in [0.25, 0.3) is 5.88 Å². The molecular weight excluding hydrogens is 194 g/mol. The highest BCUT2D eigenvalue weighted by Crippen LogP contribution is 2.06. The van der Waals surface area contributed by atoms with E-state index >= 15 is 0 Å². The third-order valence-corrected chi connectivity index (χ3v) is 2.57. The fourth-order valence-corrected chi connectivity index (χ4v) is 1.65. The van der Waals surface area contributed by atoms with Crippen molar-refractivity contribution in [2.75, 3.05) is 13.2 Å². The smallest absolute Gasteiger partial charge is 0.313 e. The van der Waals surface area contributed by atoms with Crippen molar-refractivity contribution in [2.24, 2.45) is 7.05 Å². The highest BCUT2D eigenvalue weighted by atomic mass is 16.5. The third kappa shape index (κ3) is 2.36. The Balaban J connectivity index is 1.98. The SMILES string of the molecule is Cn1ccnc(OCC2CCCN2)c1=O. The predicted molar refractivity (Wildman–Crippen MR) is 56.0 cm³/mol. The number of aromatic nitrogens is 2. The van der Waals surface area contributed by atoms with Gasteiger partial charge in [0, 0.05) is 25.5 Å². The molecule has 1 fully saturated rings. The Kier molecular flexibility index (Phi) is 3.01. The maximum Gasteiger partial charge on any atom is 0.313 e. The standard InChI is InChI=1S/C10H15N3O2/c1-13-6-5-12-9(10(13)14)15-7-8-3-2-4-11-8/h5-6,8,11H,2-4,7H2,1H3. The van der Waals surface area contributed by atoms with Gasteiger partial charge in [-0.05, 0) is 19.4 Å². The minimum Gasteiger partial charge on any atom is -0.472 e. The quantitative estimate of drug-likeness (QED) is 0.756. The number of rotatable bonds is 3. The molecule has 1 unspecified atom stereocenters. The molecule has 1 aromatic heterocycles. The maximum atomic E-state index is 11.5. The monoisotopic (exact) mass is 209 g/mol. The van der Waals surface area contributed by atoms with E-state index in [0.29, 0.717) is 12.6 Å². The van der Waals surface area contributed by atoms with Gasteiger partial charge < -0.3 is 14.6 Å². The number of hydrogen-bond acceptors (Lipinski definition) is 4. The van der Waals surface area contributed by atoms with Crippen LogP contribution in [0.15, 0.2) is 17.2 Å². The van der Waals surface area contributed by atoms with Gasteiger partial charge in [-0.15, -0.1) is 0 Å². The van der Waals surface area contributed by atoms with E-state index in [4.69, 9.17) is 4.74 Å². The van der Waals surface area contributed by atoms with Crippen LogP contribution < -0.4 is 15.6 Å². The van der Waals surface area contributed by atoms with E-state index in [0.717, 1.165) is 13.0 Å². The number of aryl methyl sites for hydroxylation is 1. The number of nitrogens with one attached hydrogen (secondary N) is 1. The summed E-state index contributed by atoms with van der Waals surface area (Å²) in [5.41, 5.74) is -0.185. The second-order valence-electron chi connectivity index (χ2n) is 3.75. The molecule has 0 amide bonds. The molecule has 1 saturated heterocycles. The zero-order valence-electron chi connectivity index (χ0n) is 8.77. The van der Waals surface area contributed by atoms with Gasteiger partial charge in [-0.1, -0.05) is 0 Å². The van der Waals surface area contributed by atoms with Gasteiger partial charge in [0.15, 0.2) is 0 Å². The Hall–Kier alpha value is -1.36. The van der Waals surface area contributed by atoms with Gasteiger partial charge in [-0.2, -0.15) is 0 Å². The fraction of sp³-hybridized carbons (Fsp3) is 0.600. The van der Waals surface area contributed by atoms with Crippen molar-refractivity contribution in [3.05, 3.63) is 22.7 Å². The molecule has 1 aromatic rings. The molecule has 1 atom stereocenters. The topological polar surface area (TPSA) is 56.1 Å². The molecule has 0 bridgehead atoms. The molecule has 5 heteroatoms. The molecule has 1 aliphatic rings. The van der Waals surface area contributed by atoms with Crippen molar-refractivity contribution in [1.82, 2.24) is 14.9 Å². The lowest BCUT2D eigenvalue weighted by Gasteiger charge is -2.10. The number of ether oxygens (including phenoxy) is 1. The molecule has 0 aliphatic carbocycles. The van der Waals surface area contributed by atoms with Crippen LogP contribution in [0.5, 0.6) is 5.88 Å². The minimum absolute atomic E-state index is 0.185. The van der Waals surface area contributed by atoms with Gasteiger partial charge in [0.1, 0.15) is 6.61 Å². The van der Waals surface area contributed by atoms with Crippen LogP contribution in [0, 0.1) is 0 Å². The molecule has 5 nitrogen and oxygen atoms in total. The van der Waals surface area contributed by atoms with E-state index in [2.05, 4.69) is 10.3 Å². The first kappa shape index (κ1) is 10.2. The van der Waals surface area contributed by atoms with Crippen molar-refractivity contribution < 1.29 is 4.74 Å². The third-order valence-electron chi connectivity index (χ3n) is 2.57. The fourth-order valence-electron chi connectivity index (χ4n) is 1.65. The summed E-state index contributed by atoms with van der Waals surface area (Å²) in [5.74, 6) is 0.189. The van der Waals surface area contributed by atoms with Crippen molar-refractivity contribution in [3.63, 3.8) is 0 Å². The Morgan fingerprint density at radius 2 is 2.60 bits per heavy atom. The highest BCUT2D eigenvalue weighted by Gasteiger charge is 2.15. The van der Waals surface area contributed by atoms with Crippen molar-refractivity contribution in [1.29, 1.82) is 0 Å². The molecule has 0 saturated carbocycles. The van der Waals surface area contributed by atoms with E-state index in [1.807, 2.05) is 0 Å². The summed E-state index contributed by atoms with van der Waals surface area (Å²) in [7, 11) is 1.69. The summed E-state index contributed by atoms with van der Waals surface area (Å²) in [4.78, 5) is 15.4. The van der Waals surface area contributed by atoms with E-state index in [1.165, 1.54) is 11.0 Å². The van der Waals surface area contributed by atoms with Crippen LogP contribution in [0.2, 0.25) is 0 Å². The number of hydrogen-bond donors (Lipinski definition) is 1. The zero-order chi connectivity index (χ0) is 10.7. The van der Waals surface area contributed by atoms with Crippen LogP contribution in [0.25, 0.3) is 0 Å². The lowest BCUT2D eigenvalue weighted by molar-refractivity contribution is 0.262. The average Bonchev–Trinajstić information content (AvgIpc) is 2.73. The van der Waals surface area contributed by atoms with Gasteiger partial charge in [0.2, 0.25) is 0 Å². The molecule has 0 radical (unpaired) electrons. The second kappa shape index (κ2) is 4.44. The lowest BCUT2D eigenvalue weighted by Crippen LogP contribution is -2.30. The Labute approximate surface area is 88.1 Å². The predicted octanol–water partition coefficient (Wildman–Crippen LogP) is -0.0889. The Morgan fingerprint density at radius 3 is 3.33 bits per heavy atom. The van der Waals surface area contributed by atoms with E-state index in [-0.39, 0.29) is 11.4 Å². The molecular formula is C10H15N3O2. The van der Waals surface area contributed by atoms with Crippen LogP contribution in [0.4, 0.5) is 0 Å². The minimum atomic E-state index is -0.185. The lowest BCUT2D eigenvalue weighted by atomic mass is 10.2. The first-order chi connectivity index (χ1) is 7.27. The average molecular weight is 209 g/mol. The van der Waals surface area contributed by atoms with Crippen molar-refractivity contribution in [3.8, 4) is 5.88 Å². The normalized spacial score (nSPS) is 20.5. The Bertz CT molecular complexity index is 382. The second-order valence-corrected chi connectivity index (χ2v) is 3.75. The van der Waals surface area contributed by atoms with Crippen molar-refractivity contribution in [2.45, 2.75) is 18.9 Å². The van der Waals surface area contributed by atoms with Gasteiger partial charge in [-0.3, -0.25) is 4.79 Å². The van der Waals surface area contributed by atoms with Crippen LogP contribution in [-0.2, 0) is 7.05 Å². The molecule has 1 N–H and O–H groups in total. The van der Waals surface area contributed by atoms with Crippen LogP contribution in [0.1, 0.15) is 12.8 Å². The molecule has 0 spiro atoms. The van der Waals surface area contributed by atoms with Gasteiger partial charge >= 0.3 is 5.56 Å². The summed E-state index contributed by atoms with van der Waals surface area (Å²) in [6, 6.07) is 0.358. The van der Waals surface area contributed by atoms with E-state index in [9.17, 15) is 4.79 Å². The van der Waals surface area contributed by atoms with E-state index < -0.39 is 0 Å². The summed E-state index contributed by atoms with van der Waals surface area (Å²) < 4.78 is 6.86. The summed E-state index contributed by atoms with van der Waals surface area (Å²) in [5, 5.41) is 3.30. The van der Waals surface area contributed by atoms with E-state index in [1.54, 1.807) is 19.4 Å². The molecule has 2 heterocycles. The van der Waals surface area contributed by atoms with Crippen molar-refractivity contribution >= 4 is 0 Å². The Morgan fingerprint density at radius 1 is 1.73 bits per heavy atom. The van der Waals surface area contributed by atoms with Crippen LogP contribution >= 0.6 is 0 Å². The first-order valence-corrected chi connectivity index (χ1v) is 5.15. The molecule has 1 aliphatic heterocycles. The molecule has 82 valence electrons. The highest BCUT2D eigenvalue weighted by molar-refractivity contribution is 5.04. The summed E-state index contributed by atoms with van der Waals surface area (Å²) >= 11 is 0. The molecule has 2 rings (SSSR count). The molecule has 0 aromatic carbocycles. The number of nitrogens with zero attached hydrogens (tertiary/aromatic N) is 2. The first-order valence-electron chi connectivity index (χ1n) is 5.15. The van der Waals surface area contributed by atoms with Crippen LogP contribution in [0.3, 0.4) is 0 Å². The summed E-state index contributed by atoms with van der Waals surface area (Å²) in [6.45, 7) is 1.56. The zero-order valence-corrected chi connectivity index (χ0v) is 8.77. The van der Waals surface area contributed by atoms with Gasteiger partial charge in [-0.25, -0.2) is 4.98 Å². The maximum absolute atomic E-state index is 11.5. The largest absolute Gasteiger partial charge is 0.472 e. The van der Waals surface area contributed by atoms with Gasteiger partial charge in [0.05, 0.1) is 0 Å². The summed E-state index contributed by atoms with van der Waals surface area (Å²) in [6.07, 6.45) is 5.46. The molecule has 15 heavy (non-hydrogen) atoms.